The van der Waals surface area contributed by atoms with Crippen molar-refractivity contribution in [3.63, 3.8) is 0 Å². The number of sulfone groups is 1. The zero-order valence-corrected chi connectivity index (χ0v) is 16.5. The third-order valence-electron chi connectivity index (χ3n) is 4.75. The second-order valence-corrected chi connectivity index (χ2v) is 10.1. The second kappa shape index (κ2) is 7.17. The highest BCUT2D eigenvalue weighted by atomic mass is 32.2. The fourth-order valence-electron chi connectivity index (χ4n) is 3.50. The van der Waals surface area contributed by atoms with Gasteiger partial charge in [0.05, 0.1) is 28.8 Å². The summed E-state index contributed by atoms with van der Waals surface area (Å²) in [6.07, 6.45) is -4.63. The number of rotatable bonds is 2. The molecule has 0 aliphatic carbocycles. The lowest BCUT2D eigenvalue weighted by Crippen LogP contribution is -2.39. The van der Waals surface area contributed by atoms with Crippen LogP contribution in [0, 0.1) is 0 Å². The number of carbonyl (C=O) groups excluding carboxylic acids is 1. The van der Waals surface area contributed by atoms with Crippen molar-refractivity contribution in [1.82, 2.24) is 0 Å². The largest absolute Gasteiger partial charge is 0.418 e. The molecule has 2 atom stereocenters. The summed E-state index contributed by atoms with van der Waals surface area (Å²) in [5.41, 5.74) is -0.795. The minimum Gasteiger partial charge on any atom is -0.315 e. The summed E-state index contributed by atoms with van der Waals surface area (Å²) < 4.78 is 64.9. The lowest BCUT2D eigenvalue weighted by molar-refractivity contribution is -0.137. The average Bonchev–Trinajstić information content (AvgIpc) is 3.12. The van der Waals surface area contributed by atoms with Crippen LogP contribution in [-0.2, 0) is 16.0 Å². The molecule has 0 aromatic heterocycles. The van der Waals surface area contributed by atoms with Crippen molar-refractivity contribution >= 4 is 38.4 Å². The van der Waals surface area contributed by atoms with Crippen LogP contribution in [0.4, 0.5) is 18.9 Å². The maximum Gasteiger partial charge on any atom is 0.418 e. The molecule has 0 radical (unpaired) electrons. The van der Waals surface area contributed by atoms with Crippen molar-refractivity contribution in [2.24, 2.45) is 4.99 Å². The molecule has 2 aliphatic rings. The second-order valence-electron chi connectivity index (χ2n) is 6.75. The molecule has 5 nitrogen and oxygen atoms in total. The van der Waals surface area contributed by atoms with E-state index in [1.54, 1.807) is 30.3 Å². The van der Waals surface area contributed by atoms with Crippen molar-refractivity contribution in [2.45, 2.75) is 17.5 Å². The van der Waals surface area contributed by atoms with Gasteiger partial charge in [-0.25, -0.2) is 8.42 Å². The predicted octanol–water partition coefficient (Wildman–Crippen LogP) is 3.62. The molecule has 0 saturated carbocycles. The van der Waals surface area contributed by atoms with E-state index < -0.39 is 38.8 Å². The molecule has 0 N–H and O–H groups in total. The van der Waals surface area contributed by atoms with E-state index in [-0.39, 0.29) is 22.4 Å². The Morgan fingerprint density at radius 2 is 1.69 bits per heavy atom. The number of benzene rings is 2. The summed E-state index contributed by atoms with van der Waals surface area (Å²) >= 11 is 1.04. The van der Waals surface area contributed by atoms with Crippen LogP contribution >= 0.6 is 11.8 Å². The van der Waals surface area contributed by atoms with Crippen molar-refractivity contribution in [1.29, 1.82) is 0 Å². The number of fused-ring (bicyclic) bond motifs is 1. The molecule has 2 aliphatic heterocycles. The number of amidine groups is 1. The Morgan fingerprint density at radius 3 is 2.38 bits per heavy atom. The molecular formula is C19H15F3N2O3S2. The first-order valence-electron chi connectivity index (χ1n) is 8.66. The third-order valence-corrected chi connectivity index (χ3v) is 7.96. The summed E-state index contributed by atoms with van der Waals surface area (Å²) in [6.45, 7) is 0. The van der Waals surface area contributed by atoms with Gasteiger partial charge >= 0.3 is 6.18 Å². The van der Waals surface area contributed by atoms with Crippen LogP contribution in [0.3, 0.4) is 0 Å². The van der Waals surface area contributed by atoms with Crippen molar-refractivity contribution in [2.75, 3.05) is 16.4 Å². The van der Waals surface area contributed by atoms with Crippen LogP contribution in [0.5, 0.6) is 0 Å². The number of aliphatic imine (C=N–C) groups is 1. The van der Waals surface area contributed by atoms with E-state index in [1.807, 2.05) is 0 Å². The third kappa shape index (κ3) is 3.91. The van der Waals surface area contributed by atoms with Crippen LogP contribution in [-0.4, -0.2) is 42.3 Å². The highest BCUT2D eigenvalue weighted by Crippen LogP contribution is 2.45. The molecule has 152 valence electrons. The molecule has 0 unspecified atom stereocenters. The van der Waals surface area contributed by atoms with Gasteiger partial charge in [-0.1, -0.05) is 42.1 Å². The van der Waals surface area contributed by atoms with E-state index in [2.05, 4.69) is 4.99 Å². The Morgan fingerprint density at radius 1 is 1.03 bits per heavy atom. The first kappa shape index (κ1) is 20.0. The smallest absolute Gasteiger partial charge is 0.315 e. The van der Waals surface area contributed by atoms with Crippen LogP contribution in [0.25, 0.3) is 0 Å². The van der Waals surface area contributed by atoms with E-state index in [0.717, 1.165) is 17.8 Å². The Bertz CT molecular complexity index is 1090. The highest BCUT2D eigenvalue weighted by molar-refractivity contribution is 8.16. The lowest BCUT2D eigenvalue weighted by Gasteiger charge is -2.27. The van der Waals surface area contributed by atoms with Gasteiger partial charge in [-0.05, 0) is 24.3 Å². The van der Waals surface area contributed by atoms with Crippen LogP contribution in [0.1, 0.15) is 15.9 Å². The molecule has 1 amide bonds. The van der Waals surface area contributed by atoms with E-state index >= 15 is 0 Å². The van der Waals surface area contributed by atoms with E-state index in [9.17, 15) is 26.4 Å². The summed E-state index contributed by atoms with van der Waals surface area (Å²) in [6, 6.07) is 12.4. The number of hydrogen-bond donors (Lipinski definition) is 0. The summed E-state index contributed by atoms with van der Waals surface area (Å²) in [4.78, 5) is 17.9. The summed E-state index contributed by atoms with van der Waals surface area (Å²) in [5.74, 6) is -1.04. The number of nitrogens with zero attached hydrogens (tertiary/aromatic N) is 2. The number of amides is 1. The molecule has 2 aromatic rings. The van der Waals surface area contributed by atoms with E-state index in [1.165, 1.54) is 23.1 Å². The number of carbonyl (C=O) groups is 1. The maximum atomic E-state index is 13.6. The van der Waals surface area contributed by atoms with Crippen LogP contribution in [0.15, 0.2) is 59.6 Å². The quantitative estimate of drug-likeness (QED) is 0.714. The number of thioether (sulfide) groups is 1. The van der Waals surface area contributed by atoms with Crippen molar-refractivity contribution < 1.29 is 26.4 Å². The van der Waals surface area contributed by atoms with Gasteiger partial charge in [-0.3, -0.25) is 4.79 Å². The maximum absolute atomic E-state index is 13.6. The van der Waals surface area contributed by atoms with Crippen LogP contribution < -0.4 is 4.90 Å². The molecule has 29 heavy (non-hydrogen) atoms. The zero-order valence-electron chi connectivity index (χ0n) is 14.8. The van der Waals surface area contributed by atoms with Gasteiger partial charge in [-0.2, -0.15) is 18.2 Å². The van der Waals surface area contributed by atoms with Gasteiger partial charge < -0.3 is 4.90 Å². The summed E-state index contributed by atoms with van der Waals surface area (Å²) in [7, 11) is -3.38. The fraction of sp³-hybridized carbons (Fsp3) is 0.263. The Kier molecular flexibility index (Phi) is 4.94. The molecule has 0 spiro atoms. The normalized spacial score (nSPS) is 24.7. The van der Waals surface area contributed by atoms with Gasteiger partial charge in [0.2, 0.25) is 0 Å². The van der Waals surface area contributed by atoms with Crippen molar-refractivity contribution in [3.8, 4) is 0 Å². The van der Waals surface area contributed by atoms with Crippen LogP contribution in [0.2, 0.25) is 0 Å². The lowest BCUT2D eigenvalue weighted by atomic mass is 10.1. The van der Waals surface area contributed by atoms with Gasteiger partial charge in [0.1, 0.15) is 0 Å². The monoisotopic (exact) mass is 440 g/mol. The summed E-state index contributed by atoms with van der Waals surface area (Å²) in [5, 5.41) is -0.399. The van der Waals surface area contributed by atoms with E-state index in [4.69, 9.17) is 0 Å². The topological polar surface area (TPSA) is 66.8 Å². The number of anilines is 1. The molecule has 2 aromatic carbocycles. The van der Waals surface area contributed by atoms with Gasteiger partial charge in [0.15, 0.2) is 15.0 Å². The van der Waals surface area contributed by atoms with Gasteiger partial charge in [0.25, 0.3) is 5.91 Å². The number of halogens is 3. The number of para-hydroxylation sites is 1. The molecule has 2 fully saturated rings. The SMILES string of the molecule is O=C(N=C1S[C@@H]2CS(=O)(=O)C[C@H]2N1c1ccccc1C(F)(F)F)c1ccccc1. The van der Waals surface area contributed by atoms with Gasteiger partial charge in [-0.15, -0.1) is 0 Å². The molecule has 4 rings (SSSR count). The minimum absolute atomic E-state index is 0.0838. The Balaban J connectivity index is 1.81. The average molecular weight is 440 g/mol. The molecule has 10 heteroatoms. The fourth-order valence-corrected chi connectivity index (χ4v) is 7.41. The first-order chi connectivity index (χ1) is 13.7. The minimum atomic E-state index is -4.63. The molecular weight excluding hydrogens is 425 g/mol. The standard InChI is InChI=1S/C19H15F3N2O3S2/c20-19(21,22)13-8-4-5-9-14(13)24-15-10-29(26,27)11-16(15)28-18(24)23-17(25)12-6-2-1-3-7-12/h1-9,15-16H,10-11H2/t15-,16-/m1/s1. The van der Waals surface area contributed by atoms with Crippen molar-refractivity contribution in [3.05, 3.63) is 65.7 Å². The highest BCUT2D eigenvalue weighted by Gasteiger charge is 2.51. The molecule has 0 bridgehead atoms. The first-order valence-corrected chi connectivity index (χ1v) is 11.4. The molecule has 2 heterocycles. The number of hydrogen-bond acceptors (Lipinski definition) is 4. The number of alkyl halides is 3. The van der Waals surface area contributed by atoms with E-state index in [0.29, 0.717) is 5.56 Å². The Labute approximate surface area is 169 Å². The van der Waals surface area contributed by atoms with Gasteiger partial charge in [0, 0.05) is 10.8 Å². The Hall–Kier alpha value is -2.33. The molecule has 2 saturated heterocycles. The zero-order chi connectivity index (χ0) is 20.8. The predicted molar refractivity (Wildman–Crippen MR) is 106 cm³/mol.